The number of cyclic esters (lactones) is 1. The number of nitrogens with one attached hydrogen (secondary N) is 1. The molecule has 1 aromatic rings. The molecular formula is C16H21NO2. The van der Waals surface area contributed by atoms with Crippen LogP contribution in [0, 0.1) is 0 Å². The maximum atomic E-state index is 11.4. The minimum absolute atomic E-state index is 0.0350. The molecule has 1 heterocycles. The number of carbonyl (C=O) groups is 1. The van der Waals surface area contributed by atoms with Gasteiger partial charge in [-0.05, 0) is 24.5 Å². The number of hydrogen-bond acceptors (Lipinski definition) is 2. The third-order valence-electron chi connectivity index (χ3n) is 3.29. The van der Waals surface area contributed by atoms with Crippen molar-refractivity contribution in [3.8, 4) is 0 Å². The van der Waals surface area contributed by atoms with Crippen LogP contribution >= 0.6 is 0 Å². The smallest absolute Gasteiger partial charge is 0.408 e. The fourth-order valence-electron chi connectivity index (χ4n) is 2.23. The van der Waals surface area contributed by atoms with Gasteiger partial charge in [-0.3, -0.25) is 0 Å². The van der Waals surface area contributed by atoms with Crippen molar-refractivity contribution in [2.45, 2.75) is 44.8 Å². The van der Waals surface area contributed by atoms with Crippen LogP contribution < -0.4 is 5.32 Å². The predicted octanol–water partition coefficient (Wildman–Crippen LogP) is 3.45. The molecule has 0 radical (unpaired) electrons. The van der Waals surface area contributed by atoms with Gasteiger partial charge in [0.05, 0.1) is 6.04 Å². The monoisotopic (exact) mass is 259 g/mol. The molecule has 0 bridgehead atoms. The second kappa shape index (κ2) is 6.98. The minimum Gasteiger partial charge on any atom is -0.440 e. The Kier molecular flexibility index (Phi) is 5.01. The number of unbranched alkanes of at least 4 members (excludes halogenated alkanes) is 2. The molecule has 3 nitrogen and oxygen atoms in total. The van der Waals surface area contributed by atoms with Crippen molar-refractivity contribution >= 4 is 6.09 Å². The molecule has 0 aliphatic carbocycles. The fraction of sp³-hybridized carbons (Fsp3) is 0.438. The van der Waals surface area contributed by atoms with Gasteiger partial charge in [-0.15, -0.1) is 0 Å². The average Bonchev–Trinajstić information content (AvgIpc) is 2.76. The zero-order valence-electron chi connectivity index (χ0n) is 11.3. The van der Waals surface area contributed by atoms with Crippen LogP contribution in [-0.2, 0) is 11.2 Å². The van der Waals surface area contributed by atoms with E-state index in [0.29, 0.717) is 0 Å². The quantitative estimate of drug-likeness (QED) is 0.627. The number of amides is 1. The van der Waals surface area contributed by atoms with E-state index in [1.165, 1.54) is 18.4 Å². The summed E-state index contributed by atoms with van der Waals surface area (Å²) in [5.41, 5.74) is 1.21. The first-order valence-electron chi connectivity index (χ1n) is 6.97. The third kappa shape index (κ3) is 4.12. The normalized spacial score (nSPS) is 22.5. The highest BCUT2D eigenvalue weighted by atomic mass is 16.6. The Hall–Kier alpha value is -1.77. The van der Waals surface area contributed by atoms with Crippen molar-refractivity contribution < 1.29 is 9.53 Å². The molecule has 1 aliphatic heterocycles. The molecule has 19 heavy (non-hydrogen) atoms. The van der Waals surface area contributed by atoms with E-state index >= 15 is 0 Å². The van der Waals surface area contributed by atoms with Crippen LogP contribution in [0.5, 0.6) is 0 Å². The Balaban J connectivity index is 1.93. The SMILES string of the molecule is CCCC/C=C\[C@@H]1OC(=O)N[C@H]1Cc1ccccc1. The van der Waals surface area contributed by atoms with E-state index in [9.17, 15) is 4.79 Å². The number of alkyl carbamates (subject to hydrolysis) is 1. The minimum atomic E-state index is -0.314. The topological polar surface area (TPSA) is 38.3 Å². The van der Waals surface area contributed by atoms with Crippen molar-refractivity contribution in [2.75, 3.05) is 0 Å². The fourth-order valence-corrected chi connectivity index (χ4v) is 2.23. The molecule has 0 saturated carbocycles. The number of ether oxygens (including phenoxy) is 1. The Labute approximate surface area is 114 Å². The van der Waals surface area contributed by atoms with E-state index < -0.39 is 0 Å². The van der Waals surface area contributed by atoms with Gasteiger partial charge in [0.25, 0.3) is 0 Å². The molecule has 0 aromatic heterocycles. The largest absolute Gasteiger partial charge is 0.440 e. The number of benzene rings is 1. The van der Waals surface area contributed by atoms with Crippen LogP contribution in [0.1, 0.15) is 31.7 Å². The Morgan fingerprint density at radius 3 is 2.84 bits per heavy atom. The van der Waals surface area contributed by atoms with E-state index in [0.717, 1.165) is 12.8 Å². The zero-order chi connectivity index (χ0) is 13.5. The molecule has 1 aliphatic rings. The Morgan fingerprint density at radius 1 is 1.32 bits per heavy atom. The van der Waals surface area contributed by atoms with E-state index in [-0.39, 0.29) is 18.2 Å². The van der Waals surface area contributed by atoms with Gasteiger partial charge in [-0.2, -0.15) is 0 Å². The van der Waals surface area contributed by atoms with E-state index in [1.807, 2.05) is 24.3 Å². The summed E-state index contributed by atoms with van der Waals surface area (Å²) in [7, 11) is 0. The lowest BCUT2D eigenvalue weighted by atomic mass is 10.0. The number of allylic oxidation sites excluding steroid dienone is 1. The maximum absolute atomic E-state index is 11.4. The summed E-state index contributed by atoms with van der Waals surface area (Å²) in [5, 5.41) is 2.88. The molecule has 1 amide bonds. The number of rotatable bonds is 6. The average molecular weight is 259 g/mol. The molecule has 1 N–H and O–H groups in total. The second-order valence-electron chi connectivity index (χ2n) is 4.88. The Morgan fingerprint density at radius 2 is 2.11 bits per heavy atom. The van der Waals surface area contributed by atoms with Crippen molar-refractivity contribution in [3.63, 3.8) is 0 Å². The lowest BCUT2D eigenvalue weighted by molar-refractivity contribution is 0.153. The van der Waals surface area contributed by atoms with E-state index in [1.54, 1.807) is 0 Å². The number of hydrogen-bond donors (Lipinski definition) is 1. The van der Waals surface area contributed by atoms with E-state index in [2.05, 4.69) is 30.4 Å². The van der Waals surface area contributed by atoms with Crippen molar-refractivity contribution in [3.05, 3.63) is 48.0 Å². The first kappa shape index (κ1) is 13.7. The summed E-state index contributed by atoms with van der Waals surface area (Å²) in [6.45, 7) is 2.17. The second-order valence-corrected chi connectivity index (χ2v) is 4.88. The summed E-state index contributed by atoms with van der Waals surface area (Å²) >= 11 is 0. The van der Waals surface area contributed by atoms with Crippen LogP contribution in [0.2, 0.25) is 0 Å². The molecule has 1 saturated heterocycles. The summed E-state index contributed by atoms with van der Waals surface area (Å²) in [5.74, 6) is 0. The first-order valence-corrected chi connectivity index (χ1v) is 6.97. The van der Waals surface area contributed by atoms with Crippen LogP contribution in [0.25, 0.3) is 0 Å². The van der Waals surface area contributed by atoms with Gasteiger partial charge in [0.15, 0.2) is 0 Å². The van der Waals surface area contributed by atoms with Crippen LogP contribution in [0.3, 0.4) is 0 Å². The van der Waals surface area contributed by atoms with Crippen LogP contribution in [0.4, 0.5) is 4.79 Å². The molecule has 2 atom stereocenters. The van der Waals surface area contributed by atoms with Gasteiger partial charge in [-0.25, -0.2) is 4.79 Å². The lowest BCUT2D eigenvalue weighted by Gasteiger charge is -2.13. The molecule has 0 spiro atoms. The van der Waals surface area contributed by atoms with Crippen LogP contribution in [-0.4, -0.2) is 18.2 Å². The lowest BCUT2D eigenvalue weighted by Crippen LogP contribution is -2.32. The van der Waals surface area contributed by atoms with Crippen LogP contribution in [0.15, 0.2) is 42.5 Å². The highest BCUT2D eigenvalue weighted by Gasteiger charge is 2.31. The van der Waals surface area contributed by atoms with E-state index in [4.69, 9.17) is 4.74 Å². The molecule has 2 rings (SSSR count). The molecule has 1 aromatic carbocycles. The molecular weight excluding hydrogens is 238 g/mol. The summed E-state index contributed by atoms with van der Waals surface area (Å²) in [4.78, 5) is 11.4. The van der Waals surface area contributed by atoms with Crippen molar-refractivity contribution in [1.82, 2.24) is 5.32 Å². The van der Waals surface area contributed by atoms with Gasteiger partial charge in [0.1, 0.15) is 6.10 Å². The zero-order valence-corrected chi connectivity index (χ0v) is 11.3. The van der Waals surface area contributed by atoms with Gasteiger partial charge in [-0.1, -0.05) is 56.2 Å². The number of carbonyl (C=O) groups excluding carboxylic acids is 1. The van der Waals surface area contributed by atoms with Gasteiger partial charge >= 0.3 is 6.09 Å². The maximum Gasteiger partial charge on any atom is 0.408 e. The predicted molar refractivity (Wildman–Crippen MR) is 76.0 cm³/mol. The van der Waals surface area contributed by atoms with Crippen molar-refractivity contribution in [1.29, 1.82) is 0 Å². The molecule has 1 fully saturated rings. The highest BCUT2D eigenvalue weighted by molar-refractivity contribution is 5.70. The summed E-state index contributed by atoms with van der Waals surface area (Å²) in [6, 6.07) is 10.2. The summed E-state index contributed by atoms with van der Waals surface area (Å²) in [6.07, 6.45) is 7.87. The van der Waals surface area contributed by atoms with Gasteiger partial charge in [0.2, 0.25) is 0 Å². The van der Waals surface area contributed by atoms with Gasteiger partial charge in [0, 0.05) is 0 Å². The molecule has 102 valence electrons. The molecule has 3 heteroatoms. The van der Waals surface area contributed by atoms with Gasteiger partial charge < -0.3 is 10.1 Å². The Bertz CT molecular complexity index is 428. The summed E-state index contributed by atoms with van der Waals surface area (Å²) < 4.78 is 5.29. The highest BCUT2D eigenvalue weighted by Crippen LogP contribution is 2.16. The van der Waals surface area contributed by atoms with Crippen molar-refractivity contribution in [2.24, 2.45) is 0 Å². The molecule has 0 unspecified atom stereocenters. The third-order valence-corrected chi connectivity index (χ3v) is 3.29. The first-order chi connectivity index (χ1) is 9.29. The standard InChI is InChI=1S/C16H21NO2/c1-2-3-4-8-11-15-14(17-16(18)19-15)12-13-9-6-5-7-10-13/h5-11,14-15H,2-4,12H2,1H3,(H,17,18)/b11-8-/t14-,15-/m0/s1.